The zero-order valence-electron chi connectivity index (χ0n) is 10.3. The van der Waals surface area contributed by atoms with Crippen LogP contribution in [0.15, 0.2) is 29.0 Å². The van der Waals surface area contributed by atoms with Crippen LogP contribution in [0, 0.1) is 13.8 Å². The molecule has 2 rings (SSSR count). The number of nitrogen functional groups attached to an aromatic ring is 1. The molecule has 1 aromatic heterocycles. The molecule has 3 heteroatoms. The van der Waals surface area contributed by atoms with Gasteiger partial charge in [-0.1, -0.05) is 17.7 Å². The van der Waals surface area contributed by atoms with Crippen LogP contribution in [0.5, 0.6) is 0 Å². The second-order valence-corrected chi connectivity index (χ2v) is 5.13. The van der Waals surface area contributed by atoms with Gasteiger partial charge < -0.3 is 11.1 Å². The van der Waals surface area contributed by atoms with Crippen molar-refractivity contribution in [1.82, 2.24) is 5.32 Å². The van der Waals surface area contributed by atoms with Gasteiger partial charge in [-0.2, -0.15) is 11.3 Å². The first-order valence-corrected chi connectivity index (χ1v) is 6.68. The minimum Gasteiger partial charge on any atom is -0.398 e. The summed E-state index contributed by atoms with van der Waals surface area (Å²) in [5.74, 6) is 0. The van der Waals surface area contributed by atoms with Crippen molar-refractivity contribution in [2.24, 2.45) is 0 Å². The molecule has 0 saturated heterocycles. The third-order valence-electron chi connectivity index (χ3n) is 2.89. The van der Waals surface area contributed by atoms with Gasteiger partial charge in [-0.25, -0.2) is 0 Å². The van der Waals surface area contributed by atoms with Crippen molar-refractivity contribution in [2.75, 3.05) is 5.73 Å². The maximum atomic E-state index is 5.94. The van der Waals surface area contributed by atoms with E-state index in [1.165, 1.54) is 22.3 Å². The first-order chi connectivity index (χ1) is 8.16. The van der Waals surface area contributed by atoms with Crippen LogP contribution in [-0.4, -0.2) is 0 Å². The van der Waals surface area contributed by atoms with Gasteiger partial charge >= 0.3 is 0 Å². The van der Waals surface area contributed by atoms with Crippen molar-refractivity contribution in [3.63, 3.8) is 0 Å². The van der Waals surface area contributed by atoms with Gasteiger partial charge in [0.25, 0.3) is 0 Å². The van der Waals surface area contributed by atoms with Crippen molar-refractivity contribution in [1.29, 1.82) is 0 Å². The third-order valence-corrected chi connectivity index (χ3v) is 3.80. The maximum Gasteiger partial charge on any atom is 0.0359 e. The van der Waals surface area contributed by atoms with Crippen molar-refractivity contribution >= 4 is 17.0 Å². The molecule has 3 N–H and O–H groups in total. The van der Waals surface area contributed by atoms with Crippen LogP contribution in [-0.2, 0) is 13.1 Å². The second kappa shape index (κ2) is 5.34. The highest BCUT2D eigenvalue weighted by molar-refractivity contribution is 7.08. The molecule has 0 bridgehead atoms. The summed E-state index contributed by atoms with van der Waals surface area (Å²) < 4.78 is 0. The quantitative estimate of drug-likeness (QED) is 0.813. The number of nitrogens with one attached hydrogen (secondary N) is 1. The summed E-state index contributed by atoms with van der Waals surface area (Å²) in [5, 5.41) is 7.81. The van der Waals surface area contributed by atoms with Crippen LogP contribution in [0.2, 0.25) is 0 Å². The maximum absolute atomic E-state index is 5.94. The van der Waals surface area contributed by atoms with E-state index in [1.807, 2.05) is 12.1 Å². The Morgan fingerprint density at radius 1 is 1.12 bits per heavy atom. The van der Waals surface area contributed by atoms with Crippen molar-refractivity contribution in [2.45, 2.75) is 26.9 Å². The number of hydrogen-bond donors (Lipinski definition) is 2. The molecule has 2 nitrogen and oxygen atoms in total. The van der Waals surface area contributed by atoms with E-state index in [9.17, 15) is 0 Å². The molecule has 0 saturated carbocycles. The summed E-state index contributed by atoms with van der Waals surface area (Å²) in [4.78, 5) is 0. The van der Waals surface area contributed by atoms with Gasteiger partial charge in [-0.15, -0.1) is 0 Å². The zero-order chi connectivity index (χ0) is 12.3. The molecule has 90 valence electrons. The van der Waals surface area contributed by atoms with Gasteiger partial charge in [0.2, 0.25) is 0 Å². The lowest BCUT2D eigenvalue weighted by molar-refractivity contribution is 0.693. The highest BCUT2D eigenvalue weighted by Crippen LogP contribution is 2.15. The highest BCUT2D eigenvalue weighted by atomic mass is 32.1. The van der Waals surface area contributed by atoms with E-state index < -0.39 is 0 Å². The Morgan fingerprint density at radius 3 is 2.59 bits per heavy atom. The van der Waals surface area contributed by atoms with E-state index in [-0.39, 0.29) is 0 Å². The second-order valence-electron chi connectivity index (χ2n) is 4.39. The van der Waals surface area contributed by atoms with Crippen molar-refractivity contribution < 1.29 is 0 Å². The molecular weight excluding hydrogens is 228 g/mol. The fourth-order valence-corrected chi connectivity index (χ4v) is 2.64. The fourth-order valence-electron chi connectivity index (χ4n) is 1.79. The third kappa shape index (κ3) is 3.08. The number of nitrogens with two attached hydrogens (primary N) is 1. The van der Waals surface area contributed by atoms with Crippen LogP contribution in [0.4, 0.5) is 5.69 Å². The summed E-state index contributed by atoms with van der Waals surface area (Å²) >= 11 is 1.75. The normalized spacial score (nSPS) is 10.7. The van der Waals surface area contributed by atoms with Gasteiger partial charge in [0.1, 0.15) is 0 Å². The summed E-state index contributed by atoms with van der Waals surface area (Å²) in [6, 6.07) is 6.16. The Kier molecular flexibility index (Phi) is 3.82. The number of thiophene rings is 1. The van der Waals surface area contributed by atoms with Crippen molar-refractivity contribution in [3.05, 3.63) is 51.2 Å². The Balaban J connectivity index is 1.94. The lowest BCUT2D eigenvalue weighted by atomic mass is 10.1. The van der Waals surface area contributed by atoms with Gasteiger partial charge in [-0.3, -0.25) is 0 Å². The number of hydrogen-bond acceptors (Lipinski definition) is 3. The molecule has 1 heterocycles. The van der Waals surface area contributed by atoms with Gasteiger partial charge in [-0.05, 0) is 47.4 Å². The SMILES string of the molecule is Cc1ccc(N)c(CNCc2cscc2C)c1. The summed E-state index contributed by atoms with van der Waals surface area (Å²) in [5.41, 5.74) is 12.0. The molecule has 1 aromatic carbocycles. The average molecular weight is 246 g/mol. The number of rotatable bonds is 4. The van der Waals surface area contributed by atoms with E-state index in [4.69, 9.17) is 5.73 Å². The lowest BCUT2D eigenvalue weighted by Gasteiger charge is -2.08. The summed E-state index contributed by atoms with van der Waals surface area (Å²) in [7, 11) is 0. The number of anilines is 1. The molecule has 0 fully saturated rings. The molecule has 0 radical (unpaired) electrons. The van der Waals surface area contributed by atoms with Gasteiger partial charge in [0, 0.05) is 18.8 Å². The van der Waals surface area contributed by atoms with E-state index in [2.05, 4.69) is 36.0 Å². The topological polar surface area (TPSA) is 38.0 Å². The first kappa shape index (κ1) is 12.1. The lowest BCUT2D eigenvalue weighted by Crippen LogP contribution is -2.14. The van der Waals surface area contributed by atoms with Crippen LogP contribution in [0.3, 0.4) is 0 Å². The average Bonchev–Trinajstić information content (AvgIpc) is 2.70. The fraction of sp³-hybridized carbons (Fsp3) is 0.286. The predicted molar refractivity (Wildman–Crippen MR) is 75.2 cm³/mol. The van der Waals surface area contributed by atoms with E-state index in [0.29, 0.717) is 0 Å². The molecular formula is C14H18N2S. The molecule has 0 spiro atoms. The number of aryl methyl sites for hydroxylation is 2. The minimum absolute atomic E-state index is 0.822. The Labute approximate surface area is 106 Å². The smallest absolute Gasteiger partial charge is 0.0359 e. The molecule has 0 aliphatic carbocycles. The van der Waals surface area contributed by atoms with E-state index in [0.717, 1.165) is 18.8 Å². The molecule has 0 unspecified atom stereocenters. The number of benzene rings is 1. The summed E-state index contributed by atoms with van der Waals surface area (Å²) in [6.45, 7) is 5.96. The zero-order valence-corrected chi connectivity index (χ0v) is 11.1. The molecule has 2 aromatic rings. The van der Waals surface area contributed by atoms with Crippen LogP contribution in [0.25, 0.3) is 0 Å². The van der Waals surface area contributed by atoms with Crippen LogP contribution in [0.1, 0.15) is 22.3 Å². The molecule has 0 atom stereocenters. The van der Waals surface area contributed by atoms with Gasteiger partial charge in [0.05, 0.1) is 0 Å². The minimum atomic E-state index is 0.822. The highest BCUT2D eigenvalue weighted by Gasteiger charge is 2.01. The van der Waals surface area contributed by atoms with E-state index in [1.54, 1.807) is 11.3 Å². The standard InChI is InChI=1S/C14H18N2S/c1-10-3-4-14(15)12(5-10)6-16-7-13-9-17-8-11(13)2/h3-5,8-9,16H,6-7,15H2,1-2H3. The first-order valence-electron chi connectivity index (χ1n) is 5.74. The molecule has 0 aliphatic heterocycles. The molecule has 17 heavy (non-hydrogen) atoms. The summed E-state index contributed by atoms with van der Waals surface area (Å²) in [6.07, 6.45) is 0. The predicted octanol–water partition coefficient (Wildman–Crippen LogP) is 3.24. The Bertz CT molecular complexity index is 503. The Hall–Kier alpha value is -1.32. The molecule has 0 amide bonds. The van der Waals surface area contributed by atoms with Gasteiger partial charge in [0.15, 0.2) is 0 Å². The van der Waals surface area contributed by atoms with Crippen LogP contribution < -0.4 is 11.1 Å². The van der Waals surface area contributed by atoms with Crippen molar-refractivity contribution in [3.8, 4) is 0 Å². The molecule has 0 aliphatic rings. The van der Waals surface area contributed by atoms with E-state index >= 15 is 0 Å². The Morgan fingerprint density at radius 2 is 1.88 bits per heavy atom. The largest absolute Gasteiger partial charge is 0.398 e. The van der Waals surface area contributed by atoms with Crippen LogP contribution >= 0.6 is 11.3 Å². The monoisotopic (exact) mass is 246 g/mol.